The van der Waals surface area contributed by atoms with E-state index in [9.17, 15) is 4.39 Å². The summed E-state index contributed by atoms with van der Waals surface area (Å²) in [5.41, 5.74) is 0. The van der Waals surface area contributed by atoms with Crippen LogP contribution in [0, 0.1) is 5.82 Å². The molecule has 0 bridgehead atoms. The van der Waals surface area contributed by atoms with Crippen molar-refractivity contribution in [3.05, 3.63) is 45.4 Å². The maximum Gasteiger partial charge on any atom is 0.321 e. The van der Waals surface area contributed by atoms with E-state index in [2.05, 4.69) is 41.8 Å². The lowest BCUT2D eigenvalue weighted by molar-refractivity contribution is 0.437. The van der Waals surface area contributed by atoms with Gasteiger partial charge in [0.15, 0.2) is 0 Å². The summed E-state index contributed by atoms with van der Waals surface area (Å²) in [5.74, 6) is -0.0439. The van der Waals surface area contributed by atoms with E-state index in [1.165, 1.54) is 6.07 Å². The van der Waals surface area contributed by atoms with Gasteiger partial charge in [-0.1, -0.05) is 0 Å². The van der Waals surface area contributed by atoms with Gasteiger partial charge in [-0.25, -0.2) is 14.4 Å². The first-order valence-electron chi connectivity index (χ1n) is 4.25. The predicted molar refractivity (Wildman–Crippen MR) is 63.9 cm³/mol. The smallest absolute Gasteiger partial charge is 0.321 e. The molecule has 0 unspecified atom stereocenters. The van der Waals surface area contributed by atoms with Crippen LogP contribution in [-0.4, -0.2) is 9.97 Å². The topological polar surface area (TPSA) is 35.0 Å². The molecule has 0 saturated heterocycles. The van der Waals surface area contributed by atoms with Crippen LogP contribution in [0.4, 0.5) is 4.39 Å². The average Bonchev–Trinajstić information content (AvgIpc) is 2.27. The Hall–Kier alpha value is -1.01. The lowest BCUT2D eigenvalue weighted by atomic mass is 10.3. The highest BCUT2D eigenvalue weighted by atomic mass is 79.9. The highest BCUT2D eigenvalue weighted by molar-refractivity contribution is 9.10. The molecular formula is C10H5Br2FN2O. The van der Waals surface area contributed by atoms with Crippen LogP contribution in [0.15, 0.2) is 39.5 Å². The fourth-order valence-corrected chi connectivity index (χ4v) is 1.45. The van der Waals surface area contributed by atoms with Gasteiger partial charge in [-0.2, -0.15) is 0 Å². The Bertz CT molecular complexity index is 505. The molecule has 0 N–H and O–H groups in total. The highest BCUT2D eigenvalue weighted by Gasteiger charge is 2.04. The molecule has 0 fully saturated rings. The molecule has 1 aromatic carbocycles. The van der Waals surface area contributed by atoms with E-state index in [1.807, 2.05) is 0 Å². The van der Waals surface area contributed by atoms with Crippen LogP contribution >= 0.6 is 31.9 Å². The molecule has 1 aromatic heterocycles. The van der Waals surface area contributed by atoms with E-state index in [1.54, 1.807) is 24.5 Å². The molecule has 3 nitrogen and oxygen atoms in total. The zero-order chi connectivity index (χ0) is 11.5. The second-order valence-electron chi connectivity index (χ2n) is 2.86. The number of rotatable bonds is 2. The molecule has 2 aromatic rings. The normalized spacial score (nSPS) is 10.2. The minimum atomic E-state index is -0.394. The van der Waals surface area contributed by atoms with Crippen molar-refractivity contribution < 1.29 is 9.13 Å². The zero-order valence-corrected chi connectivity index (χ0v) is 11.0. The van der Waals surface area contributed by atoms with Gasteiger partial charge in [0.25, 0.3) is 0 Å². The molecule has 0 amide bonds. The van der Waals surface area contributed by atoms with Gasteiger partial charge >= 0.3 is 6.01 Å². The molecule has 0 aliphatic rings. The Morgan fingerprint density at radius 3 is 2.44 bits per heavy atom. The molecule has 6 heteroatoms. The molecule has 0 radical (unpaired) electrons. The van der Waals surface area contributed by atoms with Crippen LogP contribution in [0.25, 0.3) is 0 Å². The number of nitrogens with zero attached hydrogens (tertiary/aromatic N) is 2. The summed E-state index contributed by atoms with van der Waals surface area (Å²) in [6, 6.07) is 4.61. The van der Waals surface area contributed by atoms with Crippen molar-refractivity contribution in [1.82, 2.24) is 9.97 Å². The number of aromatic nitrogens is 2. The largest absolute Gasteiger partial charge is 0.424 e. The van der Waals surface area contributed by atoms with Crippen molar-refractivity contribution in [3.63, 3.8) is 0 Å². The Kier molecular flexibility index (Phi) is 3.50. The summed E-state index contributed by atoms with van der Waals surface area (Å²) >= 11 is 6.26. The lowest BCUT2D eigenvalue weighted by Crippen LogP contribution is -1.91. The first kappa shape index (κ1) is 11.5. The maximum atomic E-state index is 13.2. The van der Waals surface area contributed by atoms with Crippen LogP contribution < -0.4 is 4.74 Å². The fourth-order valence-electron chi connectivity index (χ4n) is 0.999. The van der Waals surface area contributed by atoms with Crippen molar-refractivity contribution in [2.75, 3.05) is 0 Å². The van der Waals surface area contributed by atoms with Crippen molar-refractivity contribution in [1.29, 1.82) is 0 Å². The van der Waals surface area contributed by atoms with E-state index < -0.39 is 5.82 Å². The standard InChI is InChI=1S/C10H5Br2FN2O/c11-6-4-14-10(15-5-6)16-7-1-2-8(12)9(13)3-7/h1-5H. The van der Waals surface area contributed by atoms with E-state index in [4.69, 9.17) is 4.74 Å². The summed E-state index contributed by atoms with van der Waals surface area (Å²) in [6.45, 7) is 0. The maximum absolute atomic E-state index is 13.2. The van der Waals surface area contributed by atoms with E-state index in [0.717, 1.165) is 4.47 Å². The zero-order valence-electron chi connectivity index (χ0n) is 7.82. The van der Waals surface area contributed by atoms with Gasteiger partial charge in [0.1, 0.15) is 11.6 Å². The van der Waals surface area contributed by atoms with Crippen LogP contribution in [-0.2, 0) is 0 Å². The first-order chi connectivity index (χ1) is 7.65. The number of benzene rings is 1. The first-order valence-corrected chi connectivity index (χ1v) is 5.84. The molecule has 0 spiro atoms. The monoisotopic (exact) mass is 346 g/mol. The van der Waals surface area contributed by atoms with Crippen LogP contribution in [0.3, 0.4) is 0 Å². The minimum Gasteiger partial charge on any atom is -0.424 e. The quantitative estimate of drug-likeness (QED) is 0.825. The molecule has 1 heterocycles. The number of ether oxygens (including phenoxy) is 1. The third-order valence-corrected chi connectivity index (χ3v) is 2.75. The number of hydrogen-bond acceptors (Lipinski definition) is 3. The molecule has 0 aliphatic carbocycles. The van der Waals surface area contributed by atoms with Crippen molar-refractivity contribution in [3.8, 4) is 11.8 Å². The SMILES string of the molecule is Fc1cc(Oc2ncc(Br)cn2)ccc1Br. The average molecular weight is 348 g/mol. The van der Waals surface area contributed by atoms with Crippen molar-refractivity contribution in [2.45, 2.75) is 0 Å². The molecule has 2 rings (SSSR count). The lowest BCUT2D eigenvalue weighted by Gasteiger charge is -2.03. The van der Waals surface area contributed by atoms with Gasteiger partial charge in [0.2, 0.25) is 0 Å². The molecule has 0 saturated carbocycles. The second-order valence-corrected chi connectivity index (χ2v) is 4.63. The van der Waals surface area contributed by atoms with Crippen LogP contribution in [0.2, 0.25) is 0 Å². The molecular weight excluding hydrogens is 343 g/mol. The van der Waals surface area contributed by atoms with Gasteiger partial charge in [-0.3, -0.25) is 0 Å². The molecule has 0 aliphatic heterocycles. The van der Waals surface area contributed by atoms with E-state index in [-0.39, 0.29) is 6.01 Å². The Labute approximate surface area is 108 Å². The summed E-state index contributed by atoms with van der Waals surface area (Å²) in [4.78, 5) is 7.82. The van der Waals surface area contributed by atoms with Crippen molar-refractivity contribution >= 4 is 31.9 Å². The van der Waals surface area contributed by atoms with Crippen LogP contribution in [0.1, 0.15) is 0 Å². The minimum absolute atomic E-state index is 0.171. The Balaban J connectivity index is 2.20. The molecule has 0 atom stereocenters. The Morgan fingerprint density at radius 1 is 1.12 bits per heavy atom. The highest BCUT2D eigenvalue weighted by Crippen LogP contribution is 2.23. The van der Waals surface area contributed by atoms with E-state index >= 15 is 0 Å². The van der Waals surface area contributed by atoms with E-state index in [0.29, 0.717) is 10.2 Å². The third kappa shape index (κ3) is 2.76. The van der Waals surface area contributed by atoms with Gasteiger partial charge in [0.05, 0.1) is 8.95 Å². The molecule has 82 valence electrons. The van der Waals surface area contributed by atoms with Gasteiger partial charge in [-0.05, 0) is 44.0 Å². The number of hydrogen-bond donors (Lipinski definition) is 0. The van der Waals surface area contributed by atoms with Gasteiger partial charge < -0.3 is 4.74 Å². The predicted octanol–water partition coefficient (Wildman–Crippen LogP) is 3.93. The summed E-state index contributed by atoms with van der Waals surface area (Å²) in [6.07, 6.45) is 3.11. The fraction of sp³-hybridized carbons (Fsp3) is 0. The summed E-state index contributed by atoms with van der Waals surface area (Å²) in [7, 11) is 0. The van der Waals surface area contributed by atoms with Crippen LogP contribution in [0.5, 0.6) is 11.8 Å². The van der Waals surface area contributed by atoms with Gasteiger partial charge in [0, 0.05) is 18.5 Å². The summed E-state index contributed by atoms with van der Waals surface area (Å²) in [5, 5.41) is 0. The second kappa shape index (κ2) is 4.88. The third-order valence-electron chi connectivity index (χ3n) is 1.70. The Morgan fingerprint density at radius 2 is 1.81 bits per heavy atom. The molecule has 16 heavy (non-hydrogen) atoms. The van der Waals surface area contributed by atoms with Gasteiger partial charge in [-0.15, -0.1) is 0 Å². The van der Waals surface area contributed by atoms with Crippen molar-refractivity contribution in [2.24, 2.45) is 0 Å². The summed E-state index contributed by atoms with van der Waals surface area (Å²) < 4.78 is 19.6. The number of halogens is 3.